The van der Waals surface area contributed by atoms with Gasteiger partial charge >= 0.3 is 5.76 Å². The third kappa shape index (κ3) is 3.02. The number of nitrogens with one attached hydrogen (secondary N) is 3. The molecule has 0 saturated carbocycles. The maximum Gasteiger partial charge on any atom is 0.417 e. The molecule has 3 N–H and O–H groups in total. The SMILES string of the molecule is Cl.O=C(Nc1ccc2oc(=O)[nH]c2c1)[C@H]1CCCCN1. The maximum atomic E-state index is 12.0. The molecule has 1 aromatic heterocycles. The van der Waals surface area contributed by atoms with Crippen molar-refractivity contribution in [2.45, 2.75) is 25.3 Å². The van der Waals surface area contributed by atoms with Crippen LogP contribution in [-0.2, 0) is 4.79 Å². The molecule has 0 spiro atoms. The van der Waals surface area contributed by atoms with Crippen molar-refractivity contribution in [1.82, 2.24) is 10.3 Å². The molecule has 1 aliphatic rings. The molecule has 7 heteroatoms. The maximum absolute atomic E-state index is 12.0. The molecule has 0 unspecified atom stereocenters. The fourth-order valence-corrected chi connectivity index (χ4v) is 2.33. The van der Waals surface area contributed by atoms with Crippen molar-refractivity contribution in [2.75, 3.05) is 11.9 Å². The molecule has 1 aromatic carbocycles. The summed E-state index contributed by atoms with van der Waals surface area (Å²) in [6, 6.07) is 4.95. The zero-order valence-corrected chi connectivity index (χ0v) is 11.6. The summed E-state index contributed by atoms with van der Waals surface area (Å²) < 4.78 is 4.91. The molecule has 2 aromatic rings. The average Bonchev–Trinajstić information content (AvgIpc) is 2.79. The van der Waals surface area contributed by atoms with Crippen LogP contribution in [0.4, 0.5) is 5.69 Å². The van der Waals surface area contributed by atoms with E-state index in [-0.39, 0.29) is 24.4 Å². The highest BCUT2D eigenvalue weighted by Crippen LogP contribution is 2.17. The number of carbonyl (C=O) groups excluding carboxylic acids is 1. The summed E-state index contributed by atoms with van der Waals surface area (Å²) in [5.41, 5.74) is 1.72. The third-order valence-corrected chi connectivity index (χ3v) is 3.31. The quantitative estimate of drug-likeness (QED) is 0.786. The van der Waals surface area contributed by atoms with Gasteiger partial charge in [-0.2, -0.15) is 0 Å². The van der Waals surface area contributed by atoms with Gasteiger partial charge in [0.1, 0.15) is 0 Å². The van der Waals surface area contributed by atoms with E-state index in [9.17, 15) is 9.59 Å². The number of aromatic amines is 1. The summed E-state index contributed by atoms with van der Waals surface area (Å²) in [5.74, 6) is -0.530. The van der Waals surface area contributed by atoms with Crippen LogP contribution in [0.25, 0.3) is 11.1 Å². The molecule has 108 valence electrons. The lowest BCUT2D eigenvalue weighted by atomic mass is 10.0. The molecule has 0 bridgehead atoms. The molecule has 6 nitrogen and oxygen atoms in total. The van der Waals surface area contributed by atoms with Crippen LogP contribution >= 0.6 is 12.4 Å². The highest BCUT2D eigenvalue weighted by molar-refractivity contribution is 5.96. The van der Waals surface area contributed by atoms with Crippen molar-refractivity contribution in [1.29, 1.82) is 0 Å². The Bertz CT molecular complexity index is 658. The number of piperidine rings is 1. The van der Waals surface area contributed by atoms with Gasteiger partial charge in [-0.25, -0.2) is 4.79 Å². The first-order valence-corrected chi connectivity index (χ1v) is 6.39. The average molecular weight is 298 g/mol. The Morgan fingerprint density at radius 1 is 1.35 bits per heavy atom. The smallest absolute Gasteiger partial charge is 0.408 e. The number of hydrogen-bond acceptors (Lipinski definition) is 4. The second kappa shape index (κ2) is 6.11. The second-order valence-corrected chi connectivity index (χ2v) is 4.72. The summed E-state index contributed by atoms with van der Waals surface area (Å²) in [7, 11) is 0. The van der Waals surface area contributed by atoms with E-state index in [2.05, 4.69) is 15.6 Å². The number of oxazole rings is 1. The normalized spacial score (nSPS) is 18.5. The Morgan fingerprint density at radius 2 is 2.20 bits per heavy atom. The van der Waals surface area contributed by atoms with E-state index in [1.165, 1.54) is 0 Å². The summed E-state index contributed by atoms with van der Waals surface area (Å²) in [5, 5.41) is 6.04. The Hall–Kier alpha value is -1.79. The first-order valence-electron chi connectivity index (χ1n) is 6.39. The Balaban J connectivity index is 0.00000147. The fraction of sp³-hybridized carbons (Fsp3) is 0.385. The lowest BCUT2D eigenvalue weighted by Crippen LogP contribution is -2.43. The molecule has 1 fully saturated rings. The summed E-state index contributed by atoms with van der Waals surface area (Å²) in [6.45, 7) is 0.881. The van der Waals surface area contributed by atoms with Crippen LogP contribution in [0.2, 0.25) is 0 Å². The van der Waals surface area contributed by atoms with Crippen molar-refractivity contribution >= 4 is 35.1 Å². The van der Waals surface area contributed by atoms with Gasteiger partial charge in [0.2, 0.25) is 5.91 Å². The highest BCUT2D eigenvalue weighted by Gasteiger charge is 2.20. The molecule has 1 saturated heterocycles. The minimum Gasteiger partial charge on any atom is -0.408 e. The Labute approximate surface area is 121 Å². The number of anilines is 1. The van der Waals surface area contributed by atoms with E-state index >= 15 is 0 Å². The van der Waals surface area contributed by atoms with Gasteiger partial charge in [-0.15, -0.1) is 12.4 Å². The largest absolute Gasteiger partial charge is 0.417 e. The van der Waals surface area contributed by atoms with Crippen LogP contribution < -0.4 is 16.4 Å². The molecule has 20 heavy (non-hydrogen) atoms. The van der Waals surface area contributed by atoms with Crippen molar-refractivity contribution in [3.8, 4) is 0 Å². The summed E-state index contributed by atoms with van der Waals surface area (Å²) in [4.78, 5) is 25.7. The Kier molecular flexibility index (Phi) is 4.46. The van der Waals surface area contributed by atoms with Crippen LogP contribution in [0.3, 0.4) is 0 Å². The third-order valence-electron chi connectivity index (χ3n) is 3.31. The van der Waals surface area contributed by atoms with Crippen molar-refractivity contribution < 1.29 is 9.21 Å². The van der Waals surface area contributed by atoms with Gasteiger partial charge in [0.05, 0.1) is 11.6 Å². The van der Waals surface area contributed by atoms with E-state index < -0.39 is 5.76 Å². The molecule has 1 amide bonds. The van der Waals surface area contributed by atoms with E-state index in [1.807, 2.05) is 0 Å². The van der Waals surface area contributed by atoms with E-state index in [1.54, 1.807) is 18.2 Å². The predicted octanol–water partition coefficient (Wildman–Crippen LogP) is 1.62. The monoisotopic (exact) mass is 297 g/mol. The predicted molar refractivity (Wildman–Crippen MR) is 78.4 cm³/mol. The zero-order chi connectivity index (χ0) is 13.2. The number of halogens is 1. The van der Waals surface area contributed by atoms with E-state index in [0.717, 1.165) is 25.8 Å². The van der Waals surface area contributed by atoms with Crippen LogP contribution in [0, 0.1) is 0 Å². The fourth-order valence-electron chi connectivity index (χ4n) is 2.33. The molecule has 1 aliphatic heterocycles. The lowest BCUT2D eigenvalue weighted by molar-refractivity contribution is -0.118. The minimum absolute atomic E-state index is 0. The number of H-pyrrole nitrogens is 1. The van der Waals surface area contributed by atoms with Crippen molar-refractivity contribution in [3.05, 3.63) is 28.7 Å². The first kappa shape index (κ1) is 14.6. The van der Waals surface area contributed by atoms with Crippen LogP contribution in [0.15, 0.2) is 27.4 Å². The van der Waals surface area contributed by atoms with Gasteiger partial charge in [-0.1, -0.05) is 6.42 Å². The van der Waals surface area contributed by atoms with Gasteiger partial charge in [-0.05, 0) is 37.6 Å². The topological polar surface area (TPSA) is 87.1 Å². The Morgan fingerprint density at radius 3 is 2.95 bits per heavy atom. The van der Waals surface area contributed by atoms with Crippen LogP contribution in [0.1, 0.15) is 19.3 Å². The van der Waals surface area contributed by atoms with Crippen LogP contribution in [-0.4, -0.2) is 23.5 Å². The van der Waals surface area contributed by atoms with E-state index in [4.69, 9.17) is 4.42 Å². The standard InChI is InChI=1S/C13H15N3O3.ClH/c17-12(9-3-1-2-6-14-9)15-8-4-5-11-10(7-8)16-13(18)19-11;/h4-5,7,9,14H,1-3,6H2,(H,15,17)(H,16,18);1H/t9-;/m1./s1. The highest BCUT2D eigenvalue weighted by atomic mass is 35.5. The minimum atomic E-state index is -0.493. The number of benzene rings is 1. The van der Waals surface area contributed by atoms with Gasteiger partial charge in [-0.3, -0.25) is 9.78 Å². The molecule has 0 radical (unpaired) electrons. The second-order valence-electron chi connectivity index (χ2n) is 4.72. The van der Waals surface area contributed by atoms with Gasteiger partial charge in [0, 0.05) is 5.69 Å². The van der Waals surface area contributed by atoms with Crippen molar-refractivity contribution in [2.24, 2.45) is 0 Å². The number of fused-ring (bicyclic) bond motifs is 1. The zero-order valence-electron chi connectivity index (χ0n) is 10.8. The lowest BCUT2D eigenvalue weighted by Gasteiger charge is -2.22. The number of hydrogen-bond donors (Lipinski definition) is 3. The molecular formula is C13H16ClN3O3. The number of carbonyl (C=O) groups is 1. The molecule has 1 atom stereocenters. The summed E-state index contributed by atoms with van der Waals surface area (Å²) in [6.07, 6.45) is 3.04. The van der Waals surface area contributed by atoms with E-state index in [0.29, 0.717) is 16.8 Å². The molecule has 2 heterocycles. The number of amides is 1. The molecular weight excluding hydrogens is 282 g/mol. The van der Waals surface area contributed by atoms with Gasteiger partial charge < -0.3 is 15.1 Å². The molecule has 3 rings (SSSR count). The van der Waals surface area contributed by atoms with Crippen molar-refractivity contribution in [3.63, 3.8) is 0 Å². The van der Waals surface area contributed by atoms with Gasteiger partial charge in [0.25, 0.3) is 0 Å². The molecule has 0 aliphatic carbocycles. The number of aromatic nitrogens is 1. The first-order chi connectivity index (χ1) is 9.22. The number of rotatable bonds is 2. The summed E-state index contributed by atoms with van der Waals surface area (Å²) >= 11 is 0. The van der Waals surface area contributed by atoms with Crippen LogP contribution in [0.5, 0.6) is 0 Å². The van der Waals surface area contributed by atoms with Gasteiger partial charge in [0.15, 0.2) is 5.58 Å².